The fourth-order valence-electron chi connectivity index (χ4n) is 1.47. The van der Waals surface area contributed by atoms with Crippen LogP contribution in [0.2, 0.25) is 0 Å². The van der Waals surface area contributed by atoms with Crippen LogP contribution in [0.5, 0.6) is 0 Å². The summed E-state index contributed by atoms with van der Waals surface area (Å²) >= 11 is 0. The van der Waals surface area contributed by atoms with Crippen LogP contribution in [0.3, 0.4) is 0 Å². The van der Waals surface area contributed by atoms with Crippen LogP contribution in [-0.4, -0.2) is 16.1 Å². The first kappa shape index (κ1) is 9.51. The van der Waals surface area contributed by atoms with E-state index in [1.165, 1.54) is 0 Å². The number of aromatic nitrogens is 2. The Bertz CT molecular complexity index is 510. The van der Waals surface area contributed by atoms with Gasteiger partial charge in [-0.15, -0.1) is 0 Å². The standard InChI is InChI=1S/C10H11N3O2/c1-5-3-7(6(2)15-5)8-4-9(10(11)14)13-12-8/h3-4H,1-2H3,(H2,11,14)(H,12,13). The molecule has 0 aromatic carbocycles. The minimum atomic E-state index is -0.522. The van der Waals surface area contributed by atoms with Crippen molar-refractivity contribution in [2.75, 3.05) is 0 Å². The molecule has 0 saturated carbocycles. The zero-order chi connectivity index (χ0) is 11.0. The Morgan fingerprint density at radius 1 is 1.47 bits per heavy atom. The van der Waals surface area contributed by atoms with Crippen molar-refractivity contribution in [1.82, 2.24) is 10.2 Å². The zero-order valence-corrected chi connectivity index (χ0v) is 8.50. The van der Waals surface area contributed by atoms with Gasteiger partial charge in [0.05, 0.1) is 5.69 Å². The van der Waals surface area contributed by atoms with Crippen molar-refractivity contribution in [2.24, 2.45) is 5.73 Å². The maximum absolute atomic E-state index is 10.9. The van der Waals surface area contributed by atoms with Crippen molar-refractivity contribution >= 4 is 5.91 Å². The number of aromatic amines is 1. The van der Waals surface area contributed by atoms with Gasteiger partial charge in [-0.25, -0.2) is 0 Å². The number of hydrogen-bond acceptors (Lipinski definition) is 3. The van der Waals surface area contributed by atoms with Gasteiger partial charge < -0.3 is 10.2 Å². The van der Waals surface area contributed by atoms with E-state index in [-0.39, 0.29) is 0 Å². The van der Waals surface area contributed by atoms with Gasteiger partial charge in [0.2, 0.25) is 0 Å². The van der Waals surface area contributed by atoms with E-state index < -0.39 is 5.91 Å². The molecule has 2 aromatic heterocycles. The quantitative estimate of drug-likeness (QED) is 0.776. The number of nitrogens with two attached hydrogens (primary N) is 1. The number of aryl methyl sites for hydroxylation is 2. The summed E-state index contributed by atoms with van der Waals surface area (Å²) < 4.78 is 5.37. The molecule has 0 unspecified atom stereocenters. The summed E-state index contributed by atoms with van der Waals surface area (Å²) in [7, 11) is 0. The number of furan rings is 1. The molecule has 0 aliphatic carbocycles. The van der Waals surface area contributed by atoms with Gasteiger partial charge in [-0.1, -0.05) is 0 Å². The molecule has 15 heavy (non-hydrogen) atoms. The van der Waals surface area contributed by atoms with Gasteiger partial charge in [0.1, 0.15) is 17.2 Å². The summed E-state index contributed by atoms with van der Waals surface area (Å²) in [4.78, 5) is 10.9. The average molecular weight is 205 g/mol. The minimum absolute atomic E-state index is 0.295. The zero-order valence-electron chi connectivity index (χ0n) is 8.50. The highest BCUT2D eigenvalue weighted by Crippen LogP contribution is 2.24. The number of carbonyl (C=O) groups is 1. The van der Waals surface area contributed by atoms with Crippen molar-refractivity contribution < 1.29 is 9.21 Å². The van der Waals surface area contributed by atoms with E-state index in [1.54, 1.807) is 6.07 Å². The smallest absolute Gasteiger partial charge is 0.266 e. The molecular formula is C10H11N3O2. The molecule has 2 rings (SSSR count). The second-order valence-electron chi connectivity index (χ2n) is 3.36. The summed E-state index contributed by atoms with van der Waals surface area (Å²) in [6.07, 6.45) is 0. The first-order valence-corrected chi connectivity index (χ1v) is 4.50. The first-order valence-electron chi connectivity index (χ1n) is 4.50. The topological polar surface area (TPSA) is 84.9 Å². The lowest BCUT2D eigenvalue weighted by atomic mass is 10.2. The highest BCUT2D eigenvalue weighted by atomic mass is 16.3. The first-order chi connectivity index (χ1) is 7.08. The third-order valence-corrected chi connectivity index (χ3v) is 2.16. The predicted octanol–water partition coefficient (Wildman–Crippen LogP) is 1.39. The van der Waals surface area contributed by atoms with Crippen LogP contribution < -0.4 is 5.73 Å². The molecule has 2 aromatic rings. The van der Waals surface area contributed by atoms with E-state index in [2.05, 4.69) is 10.2 Å². The molecule has 0 atom stereocenters. The fraction of sp³-hybridized carbons (Fsp3) is 0.200. The third-order valence-electron chi connectivity index (χ3n) is 2.16. The number of primary amides is 1. The van der Waals surface area contributed by atoms with E-state index in [0.717, 1.165) is 17.1 Å². The van der Waals surface area contributed by atoms with Crippen LogP contribution >= 0.6 is 0 Å². The molecule has 3 N–H and O–H groups in total. The Hall–Kier alpha value is -2.04. The molecule has 0 spiro atoms. The van der Waals surface area contributed by atoms with E-state index in [4.69, 9.17) is 10.2 Å². The van der Waals surface area contributed by atoms with E-state index in [0.29, 0.717) is 11.4 Å². The van der Waals surface area contributed by atoms with E-state index in [1.807, 2.05) is 19.9 Å². The van der Waals surface area contributed by atoms with E-state index in [9.17, 15) is 4.79 Å². The SMILES string of the molecule is Cc1cc(-c2cc(C(N)=O)[nH]n2)c(C)o1. The Labute approximate surface area is 86.3 Å². The second-order valence-corrected chi connectivity index (χ2v) is 3.36. The monoisotopic (exact) mass is 205 g/mol. The van der Waals surface area contributed by atoms with Gasteiger partial charge in [-0.2, -0.15) is 5.10 Å². The van der Waals surface area contributed by atoms with Gasteiger partial charge in [-0.05, 0) is 26.0 Å². The highest BCUT2D eigenvalue weighted by molar-refractivity contribution is 5.91. The van der Waals surface area contributed by atoms with Crippen LogP contribution in [-0.2, 0) is 0 Å². The normalized spacial score (nSPS) is 10.5. The summed E-state index contributed by atoms with van der Waals surface area (Å²) in [6, 6.07) is 3.48. The number of nitrogens with zero attached hydrogens (tertiary/aromatic N) is 1. The number of H-pyrrole nitrogens is 1. The molecule has 0 bridgehead atoms. The van der Waals surface area contributed by atoms with Gasteiger partial charge in [0, 0.05) is 5.56 Å². The van der Waals surface area contributed by atoms with E-state index >= 15 is 0 Å². The molecular weight excluding hydrogens is 194 g/mol. The van der Waals surface area contributed by atoms with Crippen molar-refractivity contribution in [2.45, 2.75) is 13.8 Å². The van der Waals surface area contributed by atoms with Gasteiger partial charge in [0.25, 0.3) is 5.91 Å². The molecule has 0 aliphatic heterocycles. The molecule has 0 radical (unpaired) electrons. The molecule has 0 fully saturated rings. The number of rotatable bonds is 2. The van der Waals surface area contributed by atoms with Crippen molar-refractivity contribution in [1.29, 1.82) is 0 Å². The van der Waals surface area contributed by atoms with Gasteiger partial charge >= 0.3 is 0 Å². The lowest BCUT2D eigenvalue weighted by Crippen LogP contribution is -2.10. The Morgan fingerprint density at radius 2 is 2.20 bits per heavy atom. The summed E-state index contributed by atoms with van der Waals surface area (Å²) in [6.45, 7) is 3.71. The molecule has 1 amide bonds. The molecule has 0 saturated heterocycles. The van der Waals surface area contributed by atoms with Crippen molar-refractivity contribution in [3.8, 4) is 11.3 Å². The molecule has 0 aliphatic rings. The number of amides is 1. The second kappa shape index (κ2) is 3.27. The van der Waals surface area contributed by atoms with Crippen LogP contribution in [0.15, 0.2) is 16.5 Å². The Morgan fingerprint density at radius 3 is 2.67 bits per heavy atom. The summed E-state index contributed by atoms with van der Waals surface area (Å²) in [5.41, 5.74) is 6.95. The summed E-state index contributed by atoms with van der Waals surface area (Å²) in [5, 5.41) is 6.57. The molecule has 78 valence electrons. The molecule has 2 heterocycles. The Balaban J connectivity index is 2.45. The largest absolute Gasteiger partial charge is 0.466 e. The van der Waals surface area contributed by atoms with Crippen molar-refractivity contribution in [3.63, 3.8) is 0 Å². The van der Waals surface area contributed by atoms with Crippen molar-refractivity contribution in [3.05, 3.63) is 29.3 Å². The lowest BCUT2D eigenvalue weighted by molar-refractivity contribution is 0.0995. The third kappa shape index (κ3) is 1.63. The fourth-order valence-corrected chi connectivity index (χ4v) is 1.47. The van der Waals surface area contributed by atoms with Crippen LogP contribution in [0.4, 0.5) is 0 Å². The predicted molar refractivity (Wildman–Crippen MR) is 54.3 cm³/mol. The maximum atomic E-state index is 10.9. The van der Waals surface area contributed by atoms with Gasteiger partial charge in [0.15, 0.2) is 0 Å². The average Bonchev–Trinajstić information content (AvgIpc) is 2.71. The summed E-state index contributed by atoms with van der Waals surface area (Å²) in [5.74, 6) is 1.06. The molecule has 5 heteroatoms. The van der Waals surface area contributed by atoms with Crippen LogP contribution in [0, 0.1) is 13.8 Å². The highest BCUT2D eigenvalue weighted by Gasteiger charge is 2.12. The Kier molecular flexibility index (Phi) is 2.07. The van der Waals surface area contributed by atoms with Crippen LogP contribution in [0.25, 0.3) is 11.3 Å². The van der Waals surface area contributed by atoms with Gasteiger partial charge in [-0.3, -0.25) is 9.89 Å². The number of carbonyl (C=O) groups excluding carboxylic acids is 1. The van der Waals surface area contributed by atoms with Crippen LogP contribution in [0.1, 0.15) is 22.0 Å². The maximum Gasteiger partial charge on any atom is 0.266 e. The number of nitrogens with one attached hydrogen (secondary N) is 1. The minimum Gasteiger partial charge on any atom is -0.466 e. The number of hydrogen-bond donors (Lipinski definition) is 2. The molecule has 5 nitrogen and oxygen atoms in total. The lowest BCUT2D eigenvalue weighted by Gasteiger charge is -1.89.